The number of imidazole rings is 2. The quantitative estimate of drug-likeness (QED) is 0.551. The Morgan fingerprint density at radius 3 is 2.59 bits per heavy atom. The Hall–Kier alpha value is -3.18. The van der Waals surface area contributed by atoms with Crippen LogP contribution < -0.4 is 0 Å². The van der Waals surface area contributed by atoms with Gasteiger partial charge in [-0.1, -0.05) is 61.5 Å². The Kier molecular flexibility index (Phi) is 4.32. The predicted octanol–water partition coefficient (Wildman–Crippen LogP) is 4.32. The Morgan fingerprint density at radius 2 is 1.83 bits per heavy atom. The van der Waals surface area contributed by atoms with Crippen molar-refractivity contribution in [3.63, 3.8) is 0 Å². The van der Waals surface area contributed by atoms with Gasteiger partial charge in [-0.2, -0.15) is 0 Å². The van der Waals surface area contributed by atoms with Crippen molar-refractivity contribution in [1.29, 1.82) is 0 Å². The Morgan fingerprint density at radius 1 is 1.07 bits per heavy atom. The van der Waals surface area contributed by atoms with Crippen LogP contribution in [0.5, 0.6) is 0 Å². The zero-order chi connectivity index (χ0) is 20.0. The largest absolute Gasteiger partial charge is 0.390 e. The van der Waals surface area contributed by atoms with Crippen molar-refractivity contribution in [2.24, 2.45) is 0 Å². The second-order valence-corrected chi connectivity index (χ2v) is 7.64. The third kappa shape index (κ3) is 2.89. The molecule has 0 amide bonds. The number of aromatic nitrogens is 4. The van der Waals surface area contributed by atoms with Gasteiger partial charge in [0.05, 0.1) is 29.9 Å². The van der Waals surface area contributed by atoms with Crippen LogP contribution in [-0.2, 0) is 12.8 Å². The molecule has 1 aliphatic rings. The maximum absolute atomic E-state index is 11.0. The first-order chi connectivity index (χ1) is 14.2. The van der Waals surface area contributed by atoms with Crippen LogP contribution in [0.2, 0.25) is 0 Å². The van der Waals surface area contributed by atoms with E-state index in [-0.39, 0.29) is 6.04 Å². The number of fused-ring (bicyclic) bond motifs is 1. The van der Waals surface area contributed by atoms with Crippen molar-refractivity contribution in [3.8, 4) is 22.6 Å². The molecule has 2 aromatic carbocycles. The summed E-state index contributed by atoms with van der Waals surface area (Å²) in [5, 5.41) is 11.0. The standard InChI is InChI=1S/C24H24N4O/c1-3-20-26-15(2)21(27-20)24-22(16-9-5-4-6-10-16)25-14-28(24)23-18-12-8-7-11-17(18)13-19(23)29/h4-12,14,19,23,29H,3,13H2,1-2H3,(H,26,27)/t19-,23+/m1/s1. The van der Waals surface area contributed by atoms with Gasteiger partial charge < -0.3 is 14.7 Å². The predicted molar refractivity (Wildman–Crippen MR) is 114 cm³/mol. The van der Waals surface area contributed by atoms with Crippen molar-refractivity contribution in [2.75, 3.05) is 0 Å². The monoisotopic (exact) mass is 384 g/mol. The molecule has 2 heterocycles. The molecule has 0 bridgehead atoms. The highest BCUT2D eigenvalue weighted by Crippen LogP contribution is 2.40. The van der Waals surface area contributed by atoms with E-state index in [0.29, 0.717) is 6.42 Å². The second kappa shape index (κ2) is 7.01. The fraction of sp³-hybridized carbons (Fsp3) is 0.250. The maximum Gasteiger partial charge on any atom is 0.110 e. The summed E-state index contributed by atoms with van der Waals surface area (Å²) in [5.41, 5.74) is 7.14. The number of aromatic amines is 1. The van der Waals surface area contributed by atoms with Crippen LogP contribution in [0.15, 0.2) is 60.9 Å². The summed E-state index contributed by atoms with van der Waals surface area (Å²) < 4.78 is 2.11. The molecule has 0 spiro atoms. The van der Waals surface area contributed by atoms with Gasteiger partial charge in [0.25, 0.3) is 0 Å². The van der Waals surface area contributed by atoms with E-state index in [9.17, 15) is 5.11 Å². The molecule has 29 heavy (non-hydrogen) atoms. The molecule has 2 N–H and O–H groups in total. The molecular weight excluding hydrogens is 360 g/mol. The van der Waals surface area contributed by atoms with Gasteiger partial charge in [0.1, 0.15) is 11.5 Å². The summed E-state index contributed by atoms with van der Waals surface area (Å²) in [6.45, 7) is 4.14. The first-order valence-corrected chi connectivity index (χ1v) is 10.1. The minimum Gasteiger partial charge on any atom is -0.390 e. The van der Waals surface area contributed by atoms with Crippen LogP contribution in [0.4, 0.5) is 0 Å². The van der Waals surface area contributed by atoms with E-state index in [0.717, 1.165) is 46.1 Å². The molecule has 146 valence electrons. The van der Waals surface area contributed by atoms with E-state index >= 15 is 0 Å². The average molecular weight is 384 g/mol. The van der Waals surface area contributed by atoms with Crippen LogP contribution in [0.1, 0.15) is 35.6 Å². The number of rotatable bonds is 4. The lowest BCUT2D eigenvalue weighted by atomic mass is 10.0. The molecule has 0 fully saturated rings. The molecule has 0 saturated heterocycles. The number of H-pyrrole nitrogens is 1. The summed E-state index contributed by atoms with van der Waals surface area (Å²) in [6, 6.07) is 18.3. The van der Waals surface area contributed by atoms with E-state index in [2.05, 4.69) is 40.7 Å². The van der Waals surface area contributed by atoms with E-state index in [1.54, 1.807) is 0 Å². The van der Waals surface area contributed by atoms with Crippen molar-refractivity contribution >= 4 is 0 Å². The highest BCUT2D eigenvalue weighted by atomic mass is 16.3. The lowest BCUT2D eigenvalue weighted by Gasteiger charge is -2.21. The van der Waals surface area contributed by atoms with Crippen LogP contribution in [0, 0.1) is 6.92 Å². The molecule has 0 aliphatic heterocycles. The summed E-state index contributed by atoms with van der Waals surface area (Å²) in [7, 11) is 0. The van der Waals surface area contributed by atoms with Crippen LogP contribution in [0.25, 0.3) is 22.6 Å². The number of hydrogen-bond acceptors (Lipinski definition) is 3. The smallest absolute Gasteiger partial charge is 0.110 e. The van der Waals surface area contributed by atoms with Crippen molar-refractivity contribution in [3.05, 3.63) is 83.6 Å². The lowest BCUT2D eigenvalue weighted by Crippen LogP contribution is -2.21. The van der Waals surface area contributed by atoms with E-state index in [4.69, 9.17) is 9.97 Å². The third-order valence-corrected chi connectivity index (χ3v) is 5.80. The van der Waals surface area contributed by atoms with E-state index < -0.39 is 6.10 Å². The Labute approximate surface area is 170 Å². The molecule has 5 nitrogen and oxygen atoms in total. The van der Waals surface area contributed by atoms with Crippen LogP contribution in [-0.4, -0.2) is 30.7 Å². The van der Waals surface area contributed by atoms with Crippen LogP contribution >= 0.6 is 0 Å². The van der Waals surface area contributed by atoms with E-state index in [1.165, 1.54) is 5.56 Å². The Balaban J connectivity index is 1.75. The number of hydrogen-bond donors (Lipinski definition) is 2. The SMILES string of the molecule is CCc1nc(-c2c(-c3ccccc3)ncn2[C@H]2c3ccccc3C[C@H]2O)c(C)[nH]1. The first kappa shape index (κ1) is 17.9. The molecule has 0 unspecified atom stereocenters. The number of nitrogens with one attached hydrogen (secondary N) is 1. The first-order valence-electron chi connectivity index (χ1n) is 10.1. The zero-order valence-corrected chi connectivity index (χ0v) is 16.6. The second-order valence-electron chi connectivity index (χ2n) is 7.64. The normalized spacial score (nSPS) is 18.2. The summed E-state index contributed by atoms with van der Waals surface area (Å²) in [6.07, 6.45) is 2.85. The molecular formula is C24H24N4O. The summed E-state index contributed by atoms with van der Waals surface area (Å²) in [5.74, 6) is 0.955. The fourth-order valence-corrected chi connectivity index (χ4v) is 4.42. The maximum atomic E-state index is 11.0. The van der Waals surface area contributed by atoms with Crippen molar-refractivity contribution in [1.82, 2.24) is 19.5 Å². The molecule has 5 heteroatoms. The Bertz CT molecular complexity index is 1160. The van der Waals surface area contributed by atoms with Gasteiger partial charge in [-0.15, -0.1) is 0 Å². The van der Waals surface area contributed by atoms with Gasteiger partial charge >= 0.3 is 0 Å². The molecule has 2 aromatic heterocycles. The molecule has 1 aliphatic carbocycles. The minimum atomic E-state index is -0.492. The fourth-order valence-electron chi connectivity index (χ4n) is 4.42. The van der Waals surface area contributed by atoms with Crippen molar-refractivity contribution in [2.45, 2.75) is 38.8 Å². The highest BCUT2D eigenvalue weighted by Gasteiger charge is 2.35. The molecule has 5 rings (SSSR count). The van der Waals surface area contributed by atoms with Gasteiger partial charge in [0, 0.05) is 24.1 Å². The van der Waals surface area contributed by atoms with Gasteiger partial charge in [0.2, 0.25) is 0 Å². The highest BCUT2D eigenvalue weighted by molar-refractivity contribution is 5.78. The number of aliphatic hydroxyl groups excluding tert-OH is 1. The molecule has 2 atom stereocenters. The molecule has 4 aromatic rings. The third-order valence-electron chi connectivity index (χ3n) is 5.80. The lowest BCUT2D eigenvalue weighted by molar-refractivity contribution is 0.145. The minimum absolute atomic E-state index is 0.174. The van der Waals surface area contributed by atoms with Gasteiger partial charge in [-0.05, 0) is 18.1 Å². The number of nitrogens with zero attached hydrogens (tertiary/aromatic N) is 3. The molecule has 0 saturated carbocycles. The zero-order valence-electron chi connectivity index (χ0n) is 16.6. The van der Waals surface area contributed by atoms with Crippen LogP contribution in [0.3, 0.4) is 0 Å². The number of aliphatic hydroxyl groups is 1. The summed E-state index contributed by atoms with van der Waals surface area (Å²) >= 11 is 0. The van der Waals surface area contributed by atoms with E-state index in [1.807, 2.05) is 43.6 Å². The van der Waals surface area contributed by atoms with Gasteiger partial charge in [-0.3, -0.25) is 0 Å². The summed E-state index contributed by atoms with van der Waals surface area (Å²) in [4.78, 5) is 13.1. The molecule has 0 radical (unpaired) electrons. The van der Waals surface area contributed by atoms with Gasteiger partial charge in [0.15, 0.2) is 0 Å². The van der Waals surface area contributed by atoms with Crippen molar-refractivity contribution < 1.29 is 5.11 Å². The van der Waals surface area contributed by atoms with Gasteiger partial charge in [-0.25, -0.2) is 9.97 Å². The number of aryl methyl sites for hydroxylation is 2. The topological polar surface area (TPSA) is 66.7 Å². The number of benzene rings is 2. The average Bonchev–Trinajstić information content (AvgIpc) is 3.42.